The molecule has 1 aliphatic heterocycles. The van der Waals surface area contributed by atoms with Gasteiger partial charge in [0.1, 0.15) is 0 Å². The van der Waals surface area contributed by atoms with E-state index in [-0.39, 0.29) is 17.7 Å². The van der Waals surface area contributed by atoms with Gasteiger partial charge >= 0.3 is 0 Å². The van der Waals surface area contributed by atoms with Gasteiger partial charge in [-0.3, -0.25) is 0 Å². The monoisotopic (exact) mass is 365 g/mol. The van der Waals surface area contributed by atoms with Crippen LogP contribution in [0.15, 0.2) is 36.4 Å². The minimum Gasteiger partial charge on any atom is -0.372 e. The predicted octanol–water partition coefficient (Wildman–Crippen LogP) is 3.51. The first-order valence-corrected chi connectivity index (χ1v) is 10.3. The third-order valence-corrected chi connectivity index (χ3v) is 6.95. The molecule has 1 spiro atoms. The Labute approximate surface area is 161 Å². The summed E-state index contributed by atoms with van der Waals surface area (Å²) in [5.41, 5.74) is 15.6. The molecular weight excluding hydrogens is 334 g/mol. The number of nitrogens with two attached hydrogens (primary N) is 2. The van der Waals surface area contributed by atoms with E-state index in [9.17, 15) is 0 Å². The summed E-state index contributed by atoms with van der Waals surface area (Å²) in [4.78, 5) is 2.44. The largest absolute Gasteiger partial charge is 0.372 e. The Morgan fingerprint density at radius 2 is 1.59 bits per heavy atom. The fourth-order valence-electron chi connectivity index (χ4n) is 5.96. The fraction of sp³-hybridized carbons (Fsp3) is 0.565. The van der Waals surface area contributed by atoms with E-state index in [2.05, 4.69) is 55.1 Å². The lowest BCUT2D eigenvalue weighted by Gasteiger charge is -2.62. The summed E-state index contributed by atoms with van der Waals surface area (Å²) >= 11 is 0. The molecule has 0 amide bonds. The fourth-order valence-corrected chi connectivity index (χ4v) is 5.96. The Balaban J connectivity index is 1.38. The van der Waals surface area contributed by atoms with Crippen molar-refractivity contribution in [3.05, 3.63) is 42.0 Å². The lowest BCUT2D eigenvalue weighted by Crippen LogP contribution is -2.63. The quantitative estimate of drug-likeness (QED) is 0.855. The molecule has 1 heterocycles. The number of rotatable bonds is 2. The Morgan fingerprint density at radius 1 is 0.963 bits per heavy atom. The second-order valence-electron chi connectivity index (χ2n) is 9.59. The molecule has 144 valence electrons. The van der Waals surface area contributed by atoms with E-state index in [4.69, 9.17) is 16.2 Å². The van der Waals surface area contributed by atoms with Gasteiger partial charge in [0.25, 0.3) is 0 Å². The molecule has 4 heteroatoms. The molecule has 2 atom stereocenters. The number of fused-ring (bicyclic) bond motifs is 1. The highest BCUT2D eigenvalue weighted by atomic mass is 16.5. The molecule has 4 nitrogen and oxygen atoms in total. The van der Waals surface area contributed by atoms with E-state index in [1.807, 2.05) is 0 Å². The Morgan fingerprint density at radius 3 is 2.26 bits per heavy atom. The maximum Gasteiger partial charge on any atom is 0.0726 e. The molecule has 2 saturated carbocycles. The predicted molar refractivity (Wildman–Crippen MR) is 111 cm³/mol. The minimum atomic E-state index is -0.165. The van der Waals surface area contributed by atoms with Gasteiger partial charge < -0.3 is 21.1 Å². The van der Waals surface area contributed by atoms with Crippen LogP contribution in [-0.2, 0) is 10.3 Å². The van der Waals surface area contributed by atoms with E-state index in [0.717, 1.165) is 38.8 Å². The molecule has 3 fully saturated rings. The summed E-state index contributed by atoms with van der Waals surface area (Å²) in [6.07, 6.45) is 5.02. The van der Waals surface area contributed by atoms with Crippen molar-refractivity contribution < 1.29 is 4.74 Å². The van der Waals surface area contributed by atoms with Gasteiger partial charge in [0.15, 0.2) is 0 Å². The topological polar surface area (TPSA) is 64.5 Å². The summed E-state index contributed by atoms with van der Waals surface area (Å²) in [5.74, 6) is 0. The van der Waals surface area contributed by atoms with E-state index in [1.165, 1.54) is 22.0 Å². The smallest absolute Gasteiger partial charge is 0.0726 e. The molecule has 3 aliphatic rings. The molecule has 2 unspecified atom stereocenters. The molecule has 2 aliphatic carbocycles. The maximum atomic E-state index is 6.76. The zero-order valence-corrected chi connectivity index (χ0v) is 16.4. The molecule has 27 heavy (non-hydrogen) atoms. The summed E-state index contributed by atoms with van der Waals surface area (Å²) in [5, 5.41) is 2.56. The van der Waals surface area contributed by atoms with Gasteiger partial charge in [-0.25, -0.2) is 0 Å². The zero-order chi connectivity index (χ0) is 18.8. The summed E-state index contributed by atoms with van der Waals surface area (Å²) in [7, 11) is 0. The summed E-state index contributed by atoms with van der Waals surface area (Å²) in [6.45, 7) is 6.20. The second-order valence-corrected chi connectivity index (χ2v) is 9.59. The van der Waals surface area contributed by atoms with Crippen LogP contribution in [0.5, 0.6) is 0 Å². The van der Waals surface area contributed by atoms with E-state index in [1.54, 1.807) is 0 Å². The molecule has 0 aromatic heterocycles. The van der Waals surface area contributed by atoms with Gasteiger partial charge in [0.05, 0.1) is 12.2 Å². The molecule has 2 aromatic rings. The molecular formula is C23H31N3O. The third kappa shape index (κ3) is 2.95. The average molecular weight is 366 g/mol. The maximum absolute atomic E-state index is 6.76. The number of ether oxygens (including phenoxy) is 1. The highest BCUT2D eigenvalue weighted by molar-refractivity contribution is 5.86. The van der Waals surface area contributed by atoms with Crippen LogP contribution in [-0.4, -0.2) is 31.3 Å². The Kier molecular flexibility index (Phi) is 3.84. The van der Waals surface area contributed by atoms with Gasteiger partial charge in [-0.1, -0.05) is 18.2 Å². The van der Waals surface area contributed by atoms with Crippen molar-refractivity contribution >= 4 is 16.5 Å². The lowest BCUT2D eigenvalue weighted by atomic mass is 9.46. The molecule has 5 rings (SSSR count). The Hall–Kier alpha value is -1.62. The molecule has 0 radical (unpaired) electrons. The highest BCUT2D eigenvalue weighted by Gasteiger charge is 2.58. The van der Waals surface area contributed by atoms with Crippen LogP contribution in [0.1, 0.15) is 45.1 Å². The van der Waals surface area contributed by atoms with Crippen LogP contribution >= 0.6 is 0 Å². The van der Waals surface area contributed by atoms with Gasteiger partial charge in [0, 0.05) is 30.4 Å². The minimum absolute atomic E-state index is 0.165. The van der Waals surface area contributed by atoms with Crippen molar-refractivity contribution in [3.8, 4) is 0 Å². The van der Waals surface area contributed by atoms with Crippen LogP contribution in [0, 0.1) is 5.41 Å². The number of morpholine rings is 1. The summed E-state index contributed by atoms with van der Waals surface area (Å²) < 4.78 is 5.87. The number of hydrogen-bond donors (Lipinski definition) is 2. The van der Waals surface area contributed by atoms with Crippen molar-refractivity contribution in [3.63, 3.8) is 0 Å². The SMILES string of the molecule is CC1CN(c2ccc3cc(C4(N)CC5(CC(N)C5)C4)ccc3c2)CC(C)O1. The first kappa shape index (κ1) is 17.5. The van der Waals surface area contributed by atoms with E-state index in [0.29, 0.717) is 11.5 Å². The summed E-state index contributed by atoms with van der Waals surface area (Å²) in [6, 6.07) is 14.0. The standard InChI is InChI=1S/C23H31N3O/c1-15-11-26(12-16(2)27-15)21-6-4-17-7-19(5-3-18(17)8-21)23(25)13-22(14-23)9-20(24)10-22/h3-8,15-16,20H,9-14,24-25H2,1-2H3. The van der Waals surface area contributed by atoms with Crippen LogP contribution in [0.25, 0.3) is 10.8 Å². The van der Waals surface area contributed by atoms with Crippen LogP contribution < -0.4 is 16.4 Å². The van der Waals surface area contributed by atoms with Crippen LogP contribution in [0.4, 0.5) is 5.69 Å². The number of anilines is 1. The first-order valence-electron chi connectivity index (χ1n) is 10.3. The average Bonchev–Trinajstić information content (AvgIpc) is 2.57. The molecule has 1 saturated heterocycles. The number of benzene rings is 2. The zero-order valence-electron chi connectivity index (χ0n) is 16.4. The van der Waals surface area contributed by atoms with Gasteiger partial charge in [-0.2, -0.15) is 0 Å². The molecule has 2 aromatic carbocycles. The number of nitrogens with zero attached hydrogens (tertiary/aromatic N) is 1. The Bertz CT molecular complexity index is 855. The van der Waals surface area contributed by atoms with Crippen molar-refractivity contribution in [1.29, 1.82) is 0 Å². The van der Waals surface area contributed by atoms with Gasteiger partial charge in [-0.15, -0.1) is 0 Å². The van der Waals surface area contributed by atoms with Crippen molar-refractivity contribution in [2.45, 2.75) is 63.3 Å². The second kappa shape index (κ2) is 5.94. The van der Waals surface area contributed by atoms with Crippen LogP contribution in [0.2, 0.25) is 0 Å². The van der Waals surface area contributed by atoms with Crippen molar-refractivity contribution in [1.82, 2.24) is 0 Å². The van der Waals surface area contributed by atoms with E-state index < -0.39 is 0 Å². The normalized spacial score (nSPS) is 38.7. The molecule has 4 N–H and O–H groups in total. The van der Waals surface area contributed by atoms with Crippen molar-refractivity contribution in [2.24, 2.45) is 16.9 Å². The highest BCUT2D eigenvalue weighted by Crippen LogP contribution is 2.62. The first-order chi connectivity index (χ1) is 12.8. The van der Waals surface area contributed by atoms with Crippen LogP contribution in [0.3, 0.4) is 0 Å². The lowest BCUT2D eigenvalue weighted by molar-refractivity contribution is -0.0589. The third-order valence-electron chi connectivity index (χ3n) is 6.95. The van der Waals surface area contributed by atoms with E-state index >= 15 is 0 Å². The van der Waals surface area contributed by atoms with Crippen molar-refractivity contribution in [2.75, 3.05) is 18.0 Å². The number of hydrogen-bond acceptors (Lipinski definition) is 4. The molecule has 0 bridgehead atoms. The van der Waals surface area contributed by atoms with Gasteiger partial charge in [0.2, 0.25) is 0 Å². The van der Waals surface area contributed by atoms with Gasteiger partial charge in [-0.05, 0) is 79.5 Å².